The summed E-state index contributed by atoms with van der Waals surface area (Å²) >= 11 is 1.26. The molecule has 0 saturated carbocycles. The Kier molecular flexibility index (Phi) is 4.52. The molecular weight excluding hydrogens is 327 g/mol. The number of nitrogens with zero attached hydrogens (tertiary/aromatic N) is 2. The fourth-order valence-electron chi connectivity index (χ4n) is 1.79. The van der Waals surface area contributed by atoms with Crippen molar-refractivity contribution < 1.29 is 18.0 Å². The molecule has 0 saturated heterocycles. The Balaban J connectivity index is 2.45. The second-order valence-electron chi connectivity index (χ2n) is 4.66. The van der Waals surface area contributed by atoms with Gasteiger partial charge in [0.05, 0.1) is 5.56 Å². The maximum atomic E-state index is 12.9. The highest BCUT2D eigenvalue weighted by molar-refractivity contribution is 7.11. The van der Waals surface area contributed by atoms with Crippen molar-refractivity contribution in [3.8, 4) is 17.2 Å². The van der Waals surface area contributed by atoms with Crippen molar-refractivity contribution >= 4 is 23.3 Å². The van der Waals surface area contributed by atoms with Crippen LogP contribution in [0.15, 0.2) is 29.3 Å². The van der Waals surface area contributed by atoms with E-state index in [2.05, 4.69) is 4.98 Å². The van der Waals surface area contributed by atoms with Crippen molar-refractivity contribution in [2.24, 2.45) is 5.73 Å². The summed E-state index contributed by atoms with van der Waals surface area (Å²) in [5, 5.41) is 10.4. The summed E-state index contributed by atoms with van der Waals surface area (Å²) in [4.78, 5) is 15.2. The Morgan fingerprint density at radius 1 is 1.39 bits per heavy atom. The minimum atomic E-state index is -4.66. The zero-order valence-electron chi connectivity index (χ0n) is 11.8. The van der Waals surface area contributed by atoms with E-state index >= 15 is 0 Å². The molecule has 2 aromatic heterocycles. The number of carbonyl (C=O) groups is 1. The van der Waals surface area contributed by atoms with Gasteiger partial charge in [0.15, 0.2) is 5.69 Å². The second kappa shape index (κ2) is 6.22. The standard InChI is InChI=1S/C15H10F3N3OS/c1-8(14(20)22)2-11-3-10(7-23-11)9-4-12(15(16,17)18)13(5-19)21-6-9/h2-4,6-7H,1H3,(H2,20,22)/b8-2+. The van der Waals surface area contributed by atoms with Gasteiger partial charge in [0, 0.05) is 22.2 Å². The lowest BCUT2D eigenvalue weighted by molar-refractivity contribution is -0.138. The van der Waals surface area contributed by atoms with Crippen molar-refractivity contribution in [1.29, 1.82) is 5.26 Å². The summed E-state index contributed by atoms with van der Waals surface area (Å²) in [5.74, 6) is -0.570. The van der Waals surface area contributed by atoms with Crippen LogP contribution >= 0.6 is 11.3 Å². The molecule has 23 heavy (non-hydrogen) atoms. The number of pyridine rings is 1. The van der Waals surface area contributed by atoms with Gasteiger partial charge < -0.3 is 5.73 Å². The largest absolute Gasteiger partial charge is 0.419 e. The predicted octanol–water partition coefficient (Wildman–Crippen LogP) is 3.59. The van der Waals surface area contributed by atoms with Crippen LogP contribution in [0, 0.1) is 11.3 Å². The Morgan fingerprint density at radius 2 is 2.09 bits per heavy atom. The Bertz CT molecular complexity index is 831. The van der Waals surface area contributed by atoms with Crippen molar-refractivity contribution in [2.45, 2.75) is 13.1 Å². The molecule has 0 aliphatic rings. The number of halogens is 3. The number of rotatable bonds is 3. The number of aromatic nitrogens is 1. The lowest BCUT2D eigenvalue weighted by atomic mass is 10.1. The zero-order valence-corrected chi connectivity index (χ0v) is 12.6. The lowest BCUT2D eigenvalue weighted by Crippen LogP contribution is -2.11. The van der Waals surface area contributed by atoms with E-state index in [1.807, 2.05) is 0 Å². The third-order valence-electron chi connectivity index (χ3n) is 3.00. The van der Waals surface area contributed by atoms with Crippen LogP contribution in [0.25, 0.3) is 17.2 Å². The first-order chi connectivity index (χ1) is 10.7. The molecule has 118 valence electrons. The van der Waals surface area contributed by atoms with Crippen LogP contribution in [0.5, 0.6) is 0 Å². The van der Waals surface area contributed by atoms with Gasteiger partial charge in [-0.25, -0.2) is 4.98 Å². The number of alkyl halides is 3. The summed E-state index contributed by atoms with van der Waals surface area (Å²) < 4.78 is 38.8. The van der Waals surface area contributed by atoms with Gasteiger partial charge in [0.1, 0.15) is 6.07 Å². The first kappa shape index (κ1) is 16.7. The van der Waals surface area contributed by atoms with Crippen LogP contribution in [0.1, 0.15) is 23.1 Å². The number of hydrogen-bond acceptors (Lipinski definition) is 4. The number of thiophene rings is 1. The van der Waals surface area contributed by atoms with Crippen LogP contribution in [0.2, 0.25) is 0 Å². The molecule has 4 nitrogen and oxygen atoms in total. The molecule has 0 radical (unpaired) electrons. The summed E-state index contributed by atoms with van der Waals surface area (Å²) in [5.41, 5.74) is 4.49. The Morgan fingerprint density at radius 3 is 2.65 bits per heavy atom. The molecule has 0 aliphatic carbocycles. The molecule has 2 heterocycles. The van der Waals surface area contributed by atoms with Gasteiger partial charge in [-0.2, -0.15) is 18.4 Å². The molecule has 0 unspecified atom stereocenters. The van der Waals surface area contributed by atoms with E-state index in [1.165, 1.54) is 23.6 Å². The molecule has 0 atom stereocenters. The maximum Gasteiger partial charge on any atom is 0.419 e. The average molecular weight is 337 g/mol. The van der Waals surface area contributed by atoms with Gasteiger partial charge in [0.2, 0.25) is 5.91 Å². The second-order valence-corrected chi connectivity index (χ2v) is 5.60. The van der Waals surface area contributed by atoms with E-state index in [0.29, 0.717) is 16.0 Å². The third kappa shape index (κ3) is 3.76. The van der Waals surface area contributed by atoms with Crippen LogP contribution in [-0.2, 0) is 11.0 Å². The summed E-state index contributed by atoms with van der Waals surface area (Å²) in [6, 6.07) is 3.95. The highest BCUT2D eigenvalue weighted by atomic mass is 32.1. The summed E-state index contributed by atoms with van der Waals surface area (Å²) in [6.45, 7) is 1.55. The number of carbonyl (C=O) groups excluding carboxylic acids is 1. The van der Waals surface area contributed by atoms with Crippen molar-refractivity contribution in [3.05, 3.63) is 45.4 Å². The molecular formula is C15H10F3N3OS. The van der Waals surface area contributed by atoms with Gasteiger partial charge in [-0.15, -0.1) is 11.3 Å². The zero-order chi connectivity index (χ0) is 17.2. The van der Waals surface area contributed by atoms with Crippen LogP contribution in [0.4, 0.5) is 13.2 Å². The van der Waals surface area contributed by atoms with E-state index in [1.54, 1.807) is 24.4 Å². The minimum absolute atomic E-state index is 0.240. The van der Waals surface area contributed by atoms with Gasteiger partial charge in [-0.3, -0.25) is 4.79 Å². The summed E-state index contributed by atoms with van der Waals surface area (Å²) in [7, 11) is 0. The molecule has 2 aromatic rings. The Hall–Kier alpha value is -2.66. The average Bonchev–Trinajstić information content (AvgIpc) is 2.94. The van der Waals surface area contributed by atoms with Crippen molar-refractivity contribution in [1.82, 2.24) is 4.98 Å². The highest BCUT2D eigenvalue weighted by Gasteiger charge is 2.34. The van der Waals surface area contributed by atoms with E-state index in [9.17, 15) is 18.0 Å². The van der Waals surface area contributed by atoms with Gasteiger partial charge in [-0.05, 0) is 36.1 Å². The molecule has 0 spiro atoms. The van der Waals surface area contributed by atoms with E-state index < -0.39 is 23.3 Å². The smallest absolute Gasteiger partial charge is 0.366 e. The predicted molar refractivity (Wildman–Crippen MR) is 80.1 cm³/mol. The van der Waals surface area contributed by atoms with Crippen LogP contribution in [0.3, 0.4) is 0 Å². The van der Waals surface area contributed by atoms with Crippen LogP contribution in [-0.4, -0.2) is 10.9 Å². The fourth-order valence-corrected chi connectivity index (χ4v) is 2.70. The van der Waals surface area contributed by atoms with E-state index in [-0.39, 0.29) is 5.56 Å². The molecule has 2 rings (SSSR count). The van der Waals surface area contributed by atoms with Gasteiger partial charge >= 0.3 is 6.18 Å². The number of nitrogens with two attached hydrogens (primary N) is 1. The Labute approximate surface area is 133 Å². The fraction of sp³-hybridized carbons (Fsp3) is 0.133. The maximum absolute atomic E-state index is 12.9. The highest BCUT2D eigenvalue weighted by Crippen LogP contribution is 2.35. The van der Waals surface area contributed by atoms with E-state index in [0.717, 1.165) is 6.07 Å². The topological polar surface area (TPSA) is 79.8 Å². The first-order valence-corrected chi connectivity index (χ1v) is 7.14. The number of nitriles is 1. The van der Waals surface area contributed by atoms with Crippen LogP contribution < -0.4 is 5.73 Å². The normalized spacial score (nSPS) is 12.0. The van der Waals surface area contributed by atoms with Gasteiger partial charge in [-0.1, -0.05) is 0 Å². The minimum Gasteiger partial charge on any atom is -0.366 e. The van der Waals surface area contributed by atoms with E-state index in [4.69, 9.17) is 11.0 Å². The van der Waals surface area contributed by atoms with Gasteiger partial charge in [0.25, 0.3) is 0 Å². The van der Waals surface area contributed by atoms with Crippen molar-refractivity contribution in [3.63, 3.8) is 0 Å². The monoisotopic (exact) mass is 337 g/mol. The number of primary amides is 1. The number of hydrogen-bond donors (Lipinski definition) is 1. The molecule has 0 aliphatic heterocycles. The summed E-state index contributed by atoms with van der Waals surface area (Å²) in [6.07, 6.45) is -1.89. The molecule has 0 aromatic carbocycles. The van der Waals surface area contributed by atoms with Crippen molar-refractivity contribution in [2.75, 3.05) is 0 Å². The number of amides is 1. The molecule has 2 N–H and O–H groups in total. The lowest BCUT2D eigenvalue weighted by Gasteiger charge is -2.09. The SMILES string of the molecule is C/C(=C\c1cc(-c2cnc(C#N)c(C(F)(F)F)c2)cs1)C(N)=O. The molecule has 0 fully saturated rings. The quantitative estimate of drug-likeness (QED) is 0.869. The molecule has 8 heteroatoms. The molecule has 0 bridgehead atoms. The first-order valence-electron chi connectivity index (χ1n) is 6.26. The molecule has 1 amide bonds. The third-order valence-corrected chi connectivity index (χ3v) is 3.88.